The highest BCUT2D eigenvalue weighted by atomic mass is 35.5. The molecule has 1 aliphatic rings. The lowest BCUT2D eigenvalue weighted by molar-refractivity contribution is 0.536. The Labute approximate surface area is 99.9 Å². The molecular weight excluding hydrogens is 220 g/mol. The second-order valence-corrected chi connectivity index (χ2v) is 4.57. The van der Waals surface area contributed by atoms with E-state index in [-0.39, 0.29) is 0 Å². The van der Waals surface area contributed by atoms with E-state index in [4.69, 9.17) is 11.6 Å². The van der Waals surface area contributed by atoms with Gasteiger partial charge in [-0.3, -0.25) is 0 Å². The lowest BCUT2D eigenvalue weighted by atomic mass is 10.1. The molecular formula is C13H13ClN2. The molecule has 1 aromatic carbocycles. The zero-order chi connectivity index (χ0) is 11.0. The van der Waals surface area contributed by atoms with Crippen LogP contribution in [-0.2, 0) is 13.0 Å². The van der Waals surface area contributed by atoms with Gasteiger partial charge in [-0.2, -0.15) is 0 Å². The Balaban J connectivity index is 2.13. The van der Waals surface area contributed by atoms with Gasteiger partial charge >= 0.3 is 0 Å². The van der Waals surface area contributed by atoms with Crippen LogP contribution < -0.4 is 0 Å². The monoisotopic (exact) mass is 232 g/mol. The summed E-state index contributed by atoms with van der Waals surface area (Å²) >= 11 is 6.20. The zero-order valence-electron chi connectivity index (χ0n) is 8.99. The third-order valence-electron chi connectivity index (χ3n) is 3.12. The number of hydrogen-bond acceptors (Lipinski definition) is 1. The van der Waals surface area contributed by atoms with E-state index in [1.807, 2.05) is 30.5 Å². The highest BCUT2D eigenvalue weighted by molar-refractivity contribution is 6.33. The molecule has 0 aliphatic carbocycles. The van der Waals surface area contributed by atoms with Crippen molar-refractivity contribution in [3.63, 3.8) is 0 Å². The maximum absolute atomic E-state index is 6.20. The molecule has 0 unspecified atom stereocenters. The van der Waals surface area contributed by atoms with Crippen LogP contribution in [0, 0.1) is 0 Å². The summed E-state index contributed by atoms with van der Waals surface area (Å²) in [4.78, 5) is 4.51. The summed E-state index contributed by atoms with van der Waals surface area (Å²) < 4.78 is 2.30. The second-order valence-electron chi connectivity index (χ2n) is 4.16. The molecule has 3 rings (SSSR count). The van der Waals surface area contributed by atoms with Crippen molar-refractivity contribution in [1.29, 1.82) is 0 Å². The fraction of sp³-hybridized carbons (Fsp3) is 0.308. The summed E-state index contributed by atoms with van der Waals surface area (Å²) in [5.41, 5.74) is 2.37. The van der Waals surface area contributed by atoms with E-state index in [0.29, 0.717) is 0 Å². The third kappa shape index (κ3) is 1.54. The van der Waals surface area contributed by atoms with Gasteiger partial charge in [0.25, 0.3) is 0 Å². The molecule has 0 spiro atoms. The smallest absolute Gasteiger partial charge is 0.141 e. The van der Waals surface area contributed by atoms with E-state index in [1.54, 1.807) is 0 Å². The Hall–Kier alpha value is -1.28. The lowest BCUT2D eigenvalue weighted by Crippen LogP contribution is -2.10. The standard InChI is InChI=1S/C13H13ClN2/c14-12-7-2-1-6-11(12)13-15-9-10-5-3-4-8-16(10)13/h1-2,6-7,9H,3-5,8H2. The van der Waals surface area contributed by atoms with Crippen LogP contribution >= 0.6 is 11.6 Å². The summed E-state index contributed by atoms with van der Waals surface area (Å²) in [7, 11) is 0. The minimum absolute atomic E-state index is 0.779. The topological polar surface area (TPSA) is 17.8 Å². The molecule has 0 saturated carbocycles. The Morgan fingerprint density at radius 2 is 2.06 bits per heavy atom. The van der Waals surface area contributed by atoms with E-state index >= 15 is 0 Å². The van der Waals surface area contributed by atoms with Gasteiger partial charge in [0.15, 0.2) is 0 Å². The summed E-state index contributed by atoms with van der Waals surface area (Å²) in [6, 6.07) is 7.91. The number of rotatable bonds is 1. The van der Waals surface area contributed by atoms with Crippen molar-refractivity contribution in [2.45, 2.75) is 25.8 Å². The van der Waals surface area contributed by atoms with Gasteiger partial charge in [0.05, 0.1) is 5.02 Å². The van der Waals surface area contributed by atoms with E-state index < -0.39 is 0 Å². The first-order valence-corrected chi connectivity index (χ1v) is 6.03. The van der Waals surface area contributed by atoms with Gasteiger partial charge in [-0.1, -0.05) is 23.7 Å². The SMILES string of the molecule is Clc1ccccc1-c1ncc2n1CCCC2. The second kappa shape index (κ2) is 3.95. The average molecular weight is 233 g/mol. The van der Waals surface area contributed by atoms with E-state index in [9.17, 15) is 0 Å². The predicted molar refractivity (Wildman–Crippen MR) is 65.6 cm³/mol. The number of halogens is 1. The maximum Gasteiger partial charge on any atom is 0.141 e. The molecule has 16 heavy (non-hydrogen) atoms. The number of aryl methyl sites for hydroxylation is 1. The summed E-state index contributed by atoms with van der Waals surface area (Å²) in [6.07, 6.45) is 5.63. The predicted octanol–water partition coefficient (Wildman–Crippen LogP) is 3.54. The maximum atomic E-state index is 6.20. The number of imidazole rings is 1. The number of fused-ring (bicyclic) bond motifs is 1. The fourth-order valence-electron chi connectivity index (χ4n) is 2.29. The van der Waals surface area contributed by atoms with Crippen molar-refractivity contribution in [3.8, 4) is 11.4 Å². The van der Waals surface area contributed by atoms with E-state index in [2.05, 4.69) is 9.55 Å². The number of nitrogens with zero attached hydrogens (tertiary/aromatic N) is 2. The minimum Gasteiger partial charge on any atom is -0.328 e. The van der Waals surface area contributed by atoms with E-state index in [1.165, 1.54) is 18.5 Å². The van der Waals surface area contributed by atoms with Gasteiger partial charge in [0.1, 0.15) is 5.82 Å². The quantitative estimate of drug-likeness (QED) is 0.736. The normalized spacial score (nSPS) is 14.8. The van der Waals surface area contributed by atoms with Gasteiger partial charge in [0.2, 0.25) is 0 Å². The first kappa shape index (κ1) is 9.91. The summed E-state index contributed by atoms with van der Waals surface area (Å²) in [6.45, 7) is 1.07. The van der Waals surface area contributed by atoms with Crippen molar-refractivity contribution >= 4 is 11.6 Å². The summed E-state index contributed by atoms with van der Waals surface area (Å²) in [5.74, 6) is 1.01. The van der Waals surface area contributed by atoms with Crippen LogP contribution in [0.2, 0.25) is 5.02 Å². The first-order chi connectivity index (χ1) is 7.86. The average Bonchev–Trinajstić information content (AvgIpc) is 2.74. The molecule has 82 valence electrons. The number of aromatic nitrogens is 2. The first-order valence-electron chi connectivity index (χ1n) is 5.65. The largest absolute Gasteiger partial charge is 0.328 e. The highest BCUT2D eigenvalue weighted by Gasteiger charge is 2.16. The molecule has 0 atom stereocenters. The van der Waals surface area contributed by atoms with Crippen LogP contribution in [0.3, 0.4) is 0 Å². The molecule has 0 amide bonds. The molecule has 1 aromatic heterocycles. The Morgan fingerprint density at radius 1 is 1.19 bits per heavy atom. The molecule has 0 saturated heterocycles. The lowest BCUT2D eigenvalue weighted by Gasteiger charge is -2.16. The van der Waals surface area contributed by atoms with Gasteiger partial charge in [-0.15, -0.1) is 0 Å². The fourth-order valence-corrected chi connectivity index (χ4v) is 2.51. The highest BCUT2D eigenvalue weighted by Crippen LogP contribution is 2.29. The van der Waals surface area contributed by atoms with Crippen LogP contribution in [0.25, 0.3) is 11.4 Å². The Morgan fingerprint density at radius 3 is 2.94 bits per heavy atom. The van der Waals surface area contributed by atoms with Gasteiger partial charge < -0.3 is 4.57 Å². The van der Waals surface area contributed by atoms with Crippen LogP contribution in [0.4, 0.5) is 0 Å². The Kier molecular flexibility index (Phi) is 2.44. The van der Waals surface area contributed by atoms with E-state index in [0.717, 1.165) is 29.4 Å². The molecule has 2 heterocycles. The van der Waals surface area contributed by atoms with Gasteiger partial charge in [-0.05, 0) is 31.4 Å². The third-order valence-corrected chi connectivity index (χ3v) is 3.45. The minimum atomic E-state index is 0.779. The molecule has 0 fully saturated rings. The van der Waals surface area contributed by atoms with Crippen molar-refractivity contribution in [2.24, 2.45) is 0 Å². The van der Waals surface area contributed by atoms with Crippen molar-refractivity contribution in [1.82, 2.24) is 9.55 Å². The summed E-state index contributed by atoms with van der Waals surface area (Å²) in [5, 5.41) is 0.779. The molecule has 1 aliphatic heterocycles. The van der Waals surface area contributed by atoms with Crippen LogP contribution in [0.1, 0.15) is 18.5 Å². The van der Waals surface area contributed by atoms with Crippen LogP contribution in [-0.4, -0.2) is 9.55 Å². The van der Waals surface area contributed by atoms with Crippen molar-refractivity contribution < 1.29 is 0 Å². The molecule has 2 nitrogen and oxygen atoms in total. The molecule has 2 aromatic rings. The Bertz CT molecular complexity index is 516. The number of hydrogen-bond donors (Lipinski definition) is 0. The van der Waals surface area contributed by atoms with Crippen molar-refractivity contribution in [2.75, 3.05) is 0 Å². The van der Waals surface area contributed by atoms with Gasteiger partial charge in [-0.25, -0.2) is 4.98 Å². The van der Waals surface area contributed by atoms with Crippen LogP contribution in [0.5, 0.6) is 0 Å². The zero-order valence-corrected chi connectivity index (χ0v) is 9.74. The molecule has 3 heteroatoms. The van der Waals surface area contributed by atoms with Crippen molar-refractivity contribution in [3.05, 3.63) is 41.2 Å². The van der Waals surface area contributed by atoms with Crippen LogP contribution in [0.15, 0.2) is 30.5 Å². The van der Waals surface area contributed by atoms with Gasteiger partial charge in [0, 0.05) is 24.0 Å². The molecule has 0 N–H and O–H groups in total. The molecule has 0 radical (unpaired) electrons. The number of benzene rings is 1. The molecule has 0 bridgehead atoms.